The van der Waals surface area contributed by atoms with Gasteiger partial charge in [0.1, 0.15) is 5.82 Å². The number of benzene rings is 2. The average Bonchev–Trinajstić information content (AvgIpc) is 2.72. The number of hydrogen-bond acceptors (Lipinski definition) is 1. The van der Waals surface area contributed by atoms with Gasteiger partial charge in [-0.2, -0.15) is 0 Å². The van der Waals surface area contributed by atoms with E-state index < -0.39 is 17.5 Å². The summed E-state index contributed by atoms with van der Waals surface area (Å²) in [4.78, 5) is 0. The van der Waals surface area contributed by atoms with Gasteiger partial charge in [0.2, 0.25) is 0 Å². The molecule has 1 aliphatic heterocycles. The smallest absolute Gasteiger partial charge is 0.167 e. The first-order valence-electron chi connectivity index (χ1n) is 10.4. The van der Waals surface area contributed by atoms with Gasteiger partial charge in [0.25, 0.3) is 0 Å². The van der Waals surface area contributed by atoms with Crippen molar-refractivity contribution in [2.75, 3.05) is 6.61 Å². The molecule has 2 aromatic carbocycles. The summed E-state index contributed by atoms with van der Waals surface area (Å²) in [5.41, 5.74) is 1.17. The SMILES string of the molecule is CCCCCc1ccc(-c2ccc(C3CCC(CC)CO3)cc2F)c(F)c1F. The molecule has 1 fully saturated rings. The van der Waals surface area contributed by atoms with Gasteiger partial charge in [0, 0.05) is 11.1 Å². The lowest BCUT2D eigenvalue weighted by molar-refractivity contribution is -0.0182. The molecule has 1 nitrogen and oxygen atoms in total. The van der Waals surface area contributed by atoms with E-state index in [0.717, 1.165) is 44.1 Å². The Morgan fingerprint density at radius 1 is 0.929 bits per heavy atom. The van der Waals surface area contributed by atoms with Crippen LogP contribution >= 0.6 is 0 Å². The summed E-state index contributed by atoms with van der Waals surface area (Å²) < 4.78 is 49.7. The Morgan fingerprint density at radius 3 is 2.36 bits per heavy atom. The van der Waals surface area contributed by atoms with Gasteiger partial charge in [0.05, 0.1) is 12.7 Å². The Balaban J connectivity index is 1.79. The molecule has 2 aromatic rings. The Labute approximate surface area is 165 Å². The Bertz CT molecular complexity index is 795. The van der Waals surface area contributed by atoms with Gasteiger partial charge in [-0.25, -0.2) is 13.2 Å². The van der Waals surface area contributed by atoms with Crippen LogP contribution in [0.4, 0.5) is 13.2 Å². The van der Waals surface area contributed by atoms with Gasteiger partial charge in [0.15, 0.2) is 11.6 Å². The molecular formula is C24H29F3O. The first-order valence-corrected chi connectivity index (χ1v) is 10.4. The van der Waals surface area contributed by atoms with E-state index in [0.29, 0.717) is 24.5 Å². The number of unbranched alkanes of at least 4 members (excludes halogenated alkanes) is 2. The van der Waals surface area contributed by atoms with Gasteiger partial charge < -0.3 is 4.74 Å². The molecule has 0 radical (unpaired) electrons. The second-order valence-electron chi connectivity index (χ2n) is 7.77. The normalized spacial score (nSPS) is 19.8. The highest BCUT2D eigenvalue weighted by Gasteiger charge is 2.23. The fourth-order valence-corrected chi connectivity index (χ4v) is 3.90. The molecule has 0 spiro atoms. The Kier molecular flexibility index (Phi) is 7.17. The standard InChI is InChI=1S/C24H29F3O/c1-3-5-6-7-17-9-12-20(24(27)23(17)26)19-11-10-18(14-21(19)25)22-13-8-16(4-2)15-28-22/h9-12,14,16,22H,3-8,13,15H2,1-2H3. The number of hydrogen-bond donors (Lipinski definition) is 0. The topological polar surface area (TPSA) is 9.23 Å². The molecule has 0 bridgehead atoms. The van der Waals surface area contributed by atoms with Gasteiger partial charge >= 0.3 is 0 Å². The third-order valence-corrected chi connectivity index (χ3v) is 5.81. The molecule has 1 aliphatic rings. The van der Waals surface area contributed by atoms with Crippen molar-refractivity contribution in [1.29, 1.82) is 0 Å². The molecule has 0 amide bonds. The number of ether oxygens (including phenoxy) is 1. The lowest BCUT2D eigenvalue weighted by Gasteiger charge is -2.28. The highest BCUT2D eigenvalue weighted by atomic mass is 19.2. The van der Waals surface area contributed by atoms with Crippen molar-refractivity contribution in [1.82, 2.24) is 0 Å². The zero-order chi connectivity index (χ0) is 20.1. The van der Waals surface area contributed by atoms with Crippen LogP contribution in [0.5, 0.6) is 0 Å². The number of aryl methyl sites for hydroxylation is 1. The van der Waals surface area contributed by atoms with Crippen LogP contribution in [0.15, 0.2) is 30.3 Å². The molecule has 0 N–H and O–H groups in total. The Morgan fingerprint density at radius 2 is 1.71 bits per heavy atom. The summed E-state index contributed by atoms with van der Waals surface area (Å²) in [7, 11) is 0. The van der Waals surface area contributed by atoms with Crippen molar-refractivity contribution in [2.45, 2.75) is 64.9 Å². The molecule has 4 heteroatoms. The lowest BCUT2D eigenvalue weighted by Crippen LogP contribution is -2.20. The van der Waals surface area contributed by atoms with Crippen molar-refractivity contribution in [3.8, 4) is 11.1 Å². The van der Waals surface area contributed by atoms with Crippen molar-refractivity contribution in [3.63, 3.8) is 0 Å². The molecule has 0 saturated carbocycles. The van der Waals surface area contributed by atoms with E-state index in [4.69, 9.17) is 4.74 Å². The van der Waals surface area contributed by atoms with E-state index in [2.05, 4.69) is 13.8 Å². The van der Waals surface area contributed by atoms with E-state index in [-0.39, 0.29) is 17.2 Å². The van der Waals surface area contributed by atoms with Crippen LogP contribution in [0.1, 0.15) is 69.6 Å². The van der Waals surface area contributed by atoms with Gasteiger partial charge in [-0.05, 0) is 48.8 Å². The van der Waals surface area contributed by atoms with E-state index in [1.807, 2.05) is 0 Å². The molecule has 152 valence electrons. The van der Waals surface area contributed by atoms with Gasteiger partial charge in [-0.1, -0.05) is 57.4 Å². The third kappa shape index (κ3) is 4.60. The number of rotatable bonds is 7. The Hall–Kier alpha value is -1.81. The highest BCUT2D eigenvalue weighted by molar-refractivity contribution is 5.66. The molecule has 0 aliphatic carbocycles. The molecule has 28 heavy (non-hydrogen) atoms. The minimum Gasteiger partial charge on any atom is -0.373 e. The molecule has 2 unspecified atom stereocenters. The maximum absolute atomic E-state index is 14.7. The van der Waals surface area contributed by atoms with E-state index in [9.17, 15) is 13.2 Å². The first kappa shape index (κ1) is 20.9. The van der Waals surface area contributed by atoms with E-state index >= 15 is 0 Å². The molecule has 0 aromatic heterocycles. The van der Waals surface area contributed by atoms with Crippen LogP contribution in [-0.4, -0.2) is 6.61 Å². The molecule has 1 heterocycles. The first-order chi connectivity index (χ1) is 13.5. The fraction of sp³-hybridized carbons (Fsp3) is 0.500. The largest absolute Gasteiger partial charge is 0.373 e. The zero-order valence-corrected chi connectivity index (χ0v) is 16.7. The van der Waals surface area contributed by atoms with Crippen LogP contribution in [0.25, 0.3) is 11.1 Å². The van der Waals surface area contributed by atoms with E-state index in [1.54, 1.807) is 12.1 Å². The van der Waals surface area contributed by atoms with Gasteiger partial charge in [-0.15, -0.1) is 0 Å². The predicted octanol–water partition coefficient (Wildman–Crippen LogP) is 7.38. The minimum atomic E-state index is -0.972. The summed E-state index contributed by atoms with van der Waals surface area (Å²) in [6.45, 7) is 4.89. The fourth-order valence-electron chi connectivity index (χ4n) is 3.90. The van der Waals surface area contributed by atoms with E-state index in [1.165, 1.54) is 18.2 Å². The summed E-state index contributed by atoms with van der Waals surface area (Å²) in [5.74, 6) is -1.82. The quantitative estimate of drug-likeness (QED) is 0.448. The monoisotopic (exact) mass is 390 g/mol. The van der Waals surface area contributed by atoms with Gasteiger partial charge in [-0.3, -0.25) is 0 Å². The van der Waals surface area contributed by atoms with Crippen LogP contribution in [-0.2, 0) is 11.2 Å². The summed E-state index contributed by atoms with van der Waals surface area (Å²) in [5, 5.41) is 0. The molecule has 1 saturated heterocycles. The highest BCUT2D eigenvalue weighted by Crippen LogP contribution is 2.35. The zero-order valence-electron chi connectivity index (χ0n) is 16.7. The maximum atomic E-state index is 14.7. The predicted molar refractivity (Wildman–Crippen MR) is 107 cm³/mol. The van der Waals surface area contributed by atoms with Crippen LogP contribution in [0.2, 0.25) is 0 Å². The van der Waals surface area contributed by atoms with Crippen molar-refractivity contribution >= 4 is 0 Å². The van der Waals surface area contributed by atoms with Crippen molar-refractivity contribution in [3.05, 3.63) is 58.9 Å². The minimum absolute atomic E-state index is 0.0311. The molecule has 3 rings (SSSR count). The van der Waals surface area contributed by atoms with Crippen molar-refractivity contribution in [2.24, 2.45) is 5.92 Å². The maximum Gasteiger partial charge on any atom is 0.167 e. The van der Waals surface area contributed by atoms with Crippen LogP contribution in [0, 0.1) is 23.4 Å². The summed E-state index contributed by atoms with van der Waals surface area (Å²) in [6, 6.07) is 7.77. The van der Waals surface area contributed by atoms with Crippen LogP contribution < -0.4 is 0 Å². The second kappa shape index (κ2) is 9.60. The molecule has 2 atom stereocenters. The second-order valence-corrected chi connectivity index (χ2v) is 7.77. The van der Waals surface area contributed by atoms with Crippen LogP contribution in [0.3, 0.4) is 0 Å². The summed E-state index contributed by atoms with van der Waals surface area (Å²) in [6.07, 6.45) is 6.17. The third-order valence-electron chi connectivity index (χ3n) is 5.81. The number of halogens is 3. The average molecular weight is 390 g/mol. The lowest BCUT2D eigenvalue weighted by atomic mass is 9.92. The van der Waals surface area contributed by atoms with Crippen molar-refractivity contribution < 1.29 is 17.9 Å². The molecular weight excluding hydrogens is 361 g/mol. The summed E-state index contributed by atoms with van der Waals surface area (Å²) >= 11 is 0.